The van der Waals surface area contributed by atoms with Crippen molar-refractivity contribution in [2.75, 3.05) is 25.0 Å². The van der Waals surface area contributed by atoms with Gasteiger partial charge in [-0.05, 0) is 6.92 Å². The molecule has 10 heteroatoms. The molecule has 0 aliphatic carbocycles. The van der Waals surface area contributed by atoms with E-state index in [1.807, 2.05) is 0 Å². The van der Waals surface area contributed by atoms with E-state index in [1.54, 1.807) is 12.3 Å². The molecule has 0 bridgehead atoms. The minimum atomic E-state index is -3.66. The number of aromatic nitrogens is 1. The topological polar surface area (TPSA) is 113 Å². The van der Waals surface area contributed by atoms with E-state index >= 15 is 0 Å². The molecule has 1 heterocycles. The lowest BCUT2D eigenvalue weighted by Crippen LogP contribution is -2.32. The number of methoxy groups -OCH3 is 1. The predicted octanol–water partition coefficient (Wildman–Crippen LogP) is 0.234. The summed E-state index contributed by atoms with van der Waals surface area (Å²) in [5, 5.41) is 13.3. The van der Waals surface area contributed by atoms with Gasteiger partial charge >= 0.3 is 10.2 Å². The zero-order valence-electron chi connectivity index (χ0n) is 9.87. The Kier molecular flexibility index (Phi) is 5.47. The number of thiazole rings is 1. The van der Waals surface area contributed by atoms with Gasteiger partial charge in [-0.25, -0.2) is 9.71 Å². The molecule has 1 aromatic rings. The second kappa shape index (κ2) is 6.64. The van der Waals surface area contributed by atoms with Crippen molar-refractivity contribution in [2.45, 2.75) is 6.92 Å². The van der Waals surface area contributed by atoms with E-state index in [0.717, 1.165) is 11.3 Å². The average Bonchev–Trinajstić information content (AvgIpc) is 2.75. The van der Waals surface area contributed by atoms with Gasteiger partial charge in [0.2, 0.25) is 0 Å². The molecule has 0 aromatic carbocycles. The Balaban J connectivity index is 2.64. The van der Waals surface area contributed by atoms with Crippen LogP contribution in [0.3, 0.4) is 0 Å². The molecular weight excluding hydrogens is 280 g/mol. The molecular formula is C8H14N4O4S2. The maximum atomic E-state index is 11.5. The molecule has 0 saturated carbocycles. The van der Waals surface area contributed by atoms with Crippen molar-refractivity contribution < 1.29 is 18.4 Å². The standard InChI is InChI=1S/C8H14N4O4S2/c1-6(11-13)7-5-17-8(10-7)12-18(14,15)9-3-4-16-2/h5,9,13H,3-4H2,1-2H3,(H,10,12). The van der Waals surface area contributed by atoms with Crippen LogP contribution >= 0.6 is 11.3 Å². The molecule has 0 saturated heterocycles. The number of rotatable bonds is 7. The van der Waals surface area contributed by atoms with Gasteiger partial charge in [0.15, 0.2) is 5.13 Å². The van der Waals surface area contributed by atoms with Crippen LogP contribution in [0.4, 0.5) is 5.13 Å². The highest BCUT2D eigenvalue weighted by atomic mass is 32.2. The van der Waals surface area contributed by atoms with Crippen LogP contribution in [0.25, 0.3) is 0 Å². The van der Waals surface area contributed by atoms with E-state index in [1.165, 1.54) is 7.11 Å². The molecule has 0 unspecified atom stereocenters. The SMILES string of the molecule is COCCNS(=O)(=O)Nc1nc(C(C)=NO)cs1. The number of hydrogen-bond donors (Lipinski definition) is 3. The third kappa shape index (κ3) is 4.56. The number of anilines is 1. The molecule has 0 fully saturated rings. The van der Waals surface area contributed by atoms with Crippen LogP contribution in [0.15, 0.2) is 10.5 Å². The first-order valence-electron chi connectivity index (χ1n) is 4.89. The van der Waals surface area contributed by atoms with Gasteiger partial charge in [0.05, 0.1) is 6.61 Å². The Morgan fingerprint density at radius 3 is 3.00 bits per heavy atom. The first-order valence-corrected chi connectivity index (χ1v) is 7.25. The van der Waals surface area contributed by atoms with E-state index in [4.69, 9.17) is 9.94 Å². The second-order valence-corrected chi connectivity index (χ2v) is 5.57. The number of nitrogens with one attached hydrogen (secondary N) is 2. The highest BCUT2D eigenvalue weighted by Crippen LogP contribution is 2.16. The fourth-order valence-electron chi connectivity index (χ4n) is 0.967. The summed E-state index contributed by atoms with van der Waals surface area (Å²) in [7, 11) is -2.18. The summed E-state index contributed by atoms with van der Waals surface area (Å²) in [5.41, 5.74) is 0.723. The first-order chi connectivity index (χ1) is 8.48. The van der Waals surface area contributed by atoms with Crippen molar-refractivity contribution in [3.05, 3.63) is 11.1 Å². The van der Waals surface area contributed by atoms with E-state index in [0.29, 0.717) is 11.4 Å². The molecule has 0 radical (unpaired) electrons. The van der Waals surface area contributed by atoms with Crippen LogP contribution in [0, 0.1) is 0 Å². The van der Waals surface area contributed by atoms with Crippen LogP contribution in [0.1, 0.15) is 12.6 Å². The summed E-state index contributed by atoms with van der Waals surface area (Å²) in [5.74, 6) is 0. The number of ether oxygens (including phenoxy) is 1. The summed E-state index contributed by atoms with van der Waals surface area (Å²) >= 11 is 1.09. The molecule has 8 nitrogen and oxygen atoms in total. The van der Waals surface area contributed by atoms with Gasteiger partial charge in [0, 0.05) is 19.0 Å². The van der Waals surface area contributed by atoms with Gasteiger partial charge in [-0.2, -0.15) is 13.1 Å². The van der Waals surface area contributed by atoms with Crippen molar-refractivity contribution >= 4 is 32.4 Å². The molecule has 3 N–H and O–H groups in total. The number of hydrogen-bond acceptors (Lipinski definition) is 7. The highest BCUT2D eigenvalue weighted by molar-refractivity contribution is 7.91. The maximum absolute atomic E-state index is 11.5. The molecule has 102 valence electrons. The molecule has 1 aromatic heterocycles. The van der Waals surface area contributed by atoms with Crippen LogP contribution in [0.2, 0.25) is 0 Å². The quantitative estimate of drug-likeness (QED) is 0.288. The Morgan fingerprint density at radius 1 is 1.67 bits per heavy atom. The number of nitrogens with zero attached hydrogens (tertiary/aromatic N) is 2. The van der Waals surface area contributed by atoms with E-state index in [9.17, 15) is 8.42 Å². The lowest BCUT2D eigenvalue weighted by Gasteiger charge is -2.05. The summed E-state index contributed by atoms with van der Waals surface area (Å²) in [6.07, 6.45) is 0. The minimum absolute atomic E-state index is 0.168. The van der Waals surface area contributed by atoms with E-state index in [-0.39, 0.29) is 18.3 Å². The Morgan fingerprint density at radius 2 is 2.39 bits per heavy atom. The summed E-state index contributed by atoms with van der Waals surface area (Å²) in [6.45, 7) is 2.01. The summed E-state index contributed by atoms with van der Waals surface area (Å²) in [6, 6.07) is 0. The minimum Gasteiger partial charge on any atom is -0.411 e. The van der Waals surface area contributed by atoms with Crippen LogP contribution in [-0.4, -0.2) is 44.6 Å². The van der Waals surface area contributed by atoms with Gasteiger partial charge < -0.3 is 9.94 Å². The average molecular weight is 294 g/mol. The van der Waals surface area contributed by atoms with E-state index < -0.39 is 10.2 Å². The molecule has 0 aliphatic rings. The molecule has 0 spiro atoms. The van der Waals surface area contributed by atoms with Crippen molar-refractivity contribution in [1.82, 2.24) is 9.71 Å². The lowest BCUT2D eigenvalue weighted by atomic mass is 10.3. The molecule has 18 heavy (non-hydrogen) atoms. The van der Waals surface area contributed by atoms with Crippen LogP contribution in [0.5, 0.6) is 0 Å². The van der Waals surface area contributed by atoms with Crippen molar-refractivity contribution in [3.63, 3.8) is 0 Å². The monoisotopic (exact) mass is 294 g/mol. The smallest absolute Gasteiger partial charge is 0.300 e. The fraction of sp³-hybridized carbons (Fsp3) is 0.500. The largest absolute Gasteiger partial charge is 0.411 e. The Labute approximate surface area is 109 Å². The molecule has 1 rings (SSSR count). The van der Waals surface area contributed by atoms with Gasteiger partial charge in [-0.3, -0.25) is 0 Å². The van der Waals surface area contributed by atoms with Crippen molar-refractivity contribution in [1.29, 1.82) is 0 Å². The normalized spacial score (nSPS) is 12.7. The molecule has 0 atom stereocenters. The van der Waals surface area contributed by atoms with Crippen LogP contribution < -0.4 is 9.44 Å². The second-order valence-electron chi connectivity index (χ2n) is 3.22. The van der Waals surface area contributed by atoms with Gasteiger partial charge in [-0.1, -0.05) is 5.16 Å². The Hall–Kier alpha value is -1.23. The zero-order chi connectivity index (χ0) is 13.6. The third-order valence-corrected chi connectivity index (χ3v) is 3.78. The zero-order valence-corrected chi connectivity index (χ0v) is 11.5. The van der Waals surface area contributed by atoms with Gasteiger partial charge in [-0.15, -0.1) is 11.3 Å². The first kappa shape index (κ1) is 14.8. The van der Waals surface area contributed by atoms with Crippen LogP contribution in [-0.2, 0) is 14.9 Å². The summed E-state index contributed by atoms with van der Waals surface area (Å²) in [4.78, 5) is 3.96. The fourth-order valence-corrected chi connectivity index (χ4v) is 2.79. The molecule has 0 aliphatic heterocycles. The van der Waals surface area contributed by atoms with Crippen molar-refractivity contribution in [2.24, 2.45) is 5.16 Å². The number of oxime groups is 1. The Bertz CT molecular complexity index is 511. The third-order valence-electron chi connectivity index (χ3n) is 1.84. The highest BCUT2D eigenvalue weighted by Gasteiger charge is 2.12. The van der Waals surface area contributed by atoms with Gasteiger partial charge in [0.1, 0.15) is 11.4 Å². The van der Waals surface area contributed by atoms with Gasteiger partial charge in [0.25, 0.3) is 0 Å². The predicted molar refractivity (Wildman–Crippen MR) is 68.5 cm³/mol. The summed E-state index contributed by atoms with van der Waals surface area (Å²) < 4.78 is 32.3. The van der Waals surface area contributed by atoms with E-state index in [2.05, 4.69) is 19.6 Å². The lowest BCUT2D eigenvalue weighted by molar-refractivity contribution is 0.204. The van der Waals surface area contributed by atoms with Crippen molar-refractivity contribution in [3.8, 4) is 0 Å². The maximum Gasteiger partial charge on any atom is 0.300 e. The molecule has 0 amide bonds.